The van der Waals surface area contributed by atoms with Gasteiger partial charge in [0.1, 0.15) is 0 Å². The molecule has 0 bridgehead atoms. The molecule has 2 atom stereocenters. The highest BCUT2D eigenvalue weighted by Crippen LogP contribution is 2.20. The average molecular weight is 282 g/mol. The summed E-state index contributed by atoms with van der Waals surface area (Å²) >= 11 is 0. The van der Waals surface area contributed by atoms with Gasteiger partial charge in [-0.2, -0.15) is 0 Å². The SMILES string of the molecule is CCC(CC)N1C(=O)CC(NCC2CCCCO2)C1=O. The number of carbonyl (C=O) groups is 2. The number of rotatable bonds is 6. The molecule has 0 saturated carbocycles. The number of carbonyl (C=O) groups excluding carboxylic acids is 2. The third kappa shape index (κ3) is 3.38. The van der Waals surface area contributed by atoms with E-state index < -0.39 is 0 Å². The summed E-state index contributed by atoms with van der Waals surface area (Å²) in [7, 11) is 0. The van der Waals surface area contributed by atoms with Gasteiger partial charge >= 0.3 is 0 Å². The van der Waals surface area contributed by atoms with Gasteiger partial charge in [0, 0.05) is 19.2 Å². The van der Waals surface area contributed by atoms with Crippen molar-refractivity contribution in [3.63, 3.8) is 0 Å². The highest BCUT2D eigenvalue weighted by atomic mass is 16.5. The number of hydrogen-bond donors (Lipinski definition) is 1. The van der Waals surface area contributed by atoms with E-state index in [0.717, 1.165) is 32.3 Å². The molecule has 20 heavy (non-hydrogen) atoms. The van der Waals surface area contributed by atoms with Crippen LogP contribution in [0.4, 0.5) is 0 Å². The second-order valence-corrected chi connectivity index (χ2v) is 5.73. The third-order valence-corrected chi connectivity index (χ3v) is 4.36. The Kier molecular flexibility index (Phi) is 5.54. The number of nitrogens with one attached hydrogen (secondary N) is 1. The first kappa shape index (κ1) is 15.4. The fraction of sp³-hybridized carbons (Fsp3) is 0.867. The van der Waals surface area contributed by atoms with Crippen molar-refractivity contribution in [1.29, 1.82) is 0 Å². The van der Waals surface area contributed by atoms with Crippen LogP contribution in [0.15, 0.2) is 0 Å². The van der Waals surface area contributed by atoms with E-state index >= 15 is 0 Å². The van der Waals surface area contributed by atoms with Gasteiger partial charge in [0.2, 0.25) is 11.8 Å². The normalized spacial score (nSPS) is 27.6. The Hall–Kier alpha value is -0.940. The van der Waals surface area contributed by atoms with Gasteiger partial charge < -0.3 is 10.1 Å². The van der Waals surface area contributed by atoms with Gasteiger partial charge in [0.15, 0.2) is 0 Å². The summed E-state index contributed by atoms with van der Waals surface area (Å²) in [4.78, 5) is 25.9. The highest BCUT2D eigenvalue weighted by molar-refractivity contribution is 6.05. The van der Waals surface area contributed by atoms with E-state index in [9.17, 15) is 9.59 Å². The molecule has 5 heteroatoms. The zero-order chi connectivity index (χ0) is 14.5. The van der Waals surface area contributed by atoms with E-state index in [0.29, 0.717) is 13.0 Å². The van der Waals surface area contributed by atoms with Crippen molar-refractivity contribution >= 4 is 11.8 Å². The number of imide groups is 1. The summed E-state index contributed by atoms with van der Waals surface area (Å²) in [6.07, 6.45) is 5.48. The number of ether oxygens (including phenoxy) is 1. The zero-order valence-electron chi connectivity index (χ0n) is 12.6. The Bertz CT molecular complexity index is 349. The summed E-state index contributed by atoms with van der Waals surface area (Å²) in [6.45, 7) is 5.51. The molecule has 0 aliphatic carbocycles. The predicted octanol–water partition coefficient (Wildman–Crippen LogP) is 1.46. The lowest BCUT2D eigenvalue weighted by Gasteiger charge is -2.26. The van der Waals surface area contributed by atoms with Gasteiger partial charge in [-0.25, -0.2) is 0 Å². The Balaban J connectivity index is 1.87. The first-order chi connectivity index (χ1) is 9.67. The van der Waals surface area contributed by atoms with Gasteiger partial charge in [-0.05, 0) is 32.1 Å². The minimum atomic E-state index is -0.353. The predicted molar refractivity (Wildman–Crippen MR) is 76.2 cm³/mol. The summed E-state index contributed by atoms with van der Waals surface area (Å²) in [5.41, 5.74) is 0. The summed E-state index contributed by atoms with van der Waals surface area (Å²) in [5.74, 6) is -0.0923. The molecule has 114 valence electrons. The molecule has 2 aliphatic rings. The van der Waals surface area contributed by atoms with Crippen LogP contribution in [-0.2, 0) is 14.3 Å². The smallest absolute Gasteiger partial charge is 0.247 e. The minimum Gasteiger partial charge on any atom is -0.377 e. The van der Waals surface area contributed by atoms with Crippen LogP contribution in [0.3, 0.4) is 0 Å². The highest BCUT2D eigenvalue weighted by Gasteiger charge is 2.41. The molecule has 5 nitrogen and oxygen atoms in total. The van der Waals surface area contributed by atoms with Crippen LogP contribution in [0, 0.1) is 0 Å². The maximum absolute atomic E-state index is 12.3. The Morgan fingerprint density at radius 3 is 2.65 bits per heavy atom. The molecule has 2 saturated heterocycles. The molecule has 2 amide bonds. The maximum Gasteiger partial charge on any atom is 0.247 e. The molecule has 2 rings (SSSR count). The lowest BCUT2D eigenvalue weighted by atomic mass is 10.1. The van der Waals surface area contributed by atoms with Crippen molar-refractivity contribution < 1.29 is 14.3 Å². The van der Waals surface area contributed by atoms with Crippen molar-refractivity contribution in [3.8, 4) is 0 Å². The van der Waals surface area contributed by atoms with Crippen LogP contribution < -0.4 is 5.32 Å². The third-order valence-electron chi connectivity index (χ3n) is 4.36. The molecular formula is C15H26N2O3. The van der Waals surface area contributed by atoms with E-state index in [2.05, 4.69) is 5.32 Å². The van der Waals surface area contributed by atoms with Crippen molar-refractivity contribution in [2.24, 2.45) is 0 Å². The number of hydrogen-bond acceptors (Lipinski definition) is 4. The molecule has 0 radical (unpaired) electrons. The Morgan fingerprint density at radius 2 is 2.05 bits per heavy atom. The van der Waals surface area contributed by atoms with Crippen LogP contribution in [0.5, 0.6) is 0 Å². The molecule has 2 heterocycles. The van der Waals surface area contributed by atoms with E-state index in [1.54, 1.807) is 0 Å². The van der Waals surface area contributed by atoms with Gasteiger partial charge in [0.25, 0.3) is 0 Å². The Labute approximate surface area is 121 Å². The van der Waals surface area contributed by atoms with Gasteiger partial charge in [-0.3, -0.25) is 14.5 Å². The van der Waals surface area contributed by atoms with Crippen LogP contribution in [0.25, 0.3) is 0 Å². The quantitative estimate of drug-likeness (QED) is 0.749. The molecule has 1 N–H and O–H groups in total. The van der Waals surface area contributed by atoms with Gasteiger partial charge in [-0.1, -0.05) is 13.8 Å². The van der Waals surface area contributed by atoms with Crippen LogP contribution in [-0.4, -0.2) is 48.1 Å². The molecule has 0 aromatic heterocycles. The largest absolute Gasteiger partial charge is 0.377 e. The summed E-state index contributed by atoms with van der Waals surface area (Å²) < 4.78 is 5.64. The molecule has 2 aliphatic heterocycles. The van der Waals surface area contributed by atoms with Gasteiger partial charge in [0.05, 0.1) is 18.6 Å². The molecule has 0 aromatic carbocycles. The molecular weight excluding hydrogens is 256 g/mol. The lowest BCUT2D eigenvalue weighted by Crippen LogP contribution is -2.45. The average Bonchev–Trinajstić information content (AvgIpc) is 2.75. The minimum absolute atomic E-state index is 0.0363. The number of amides is 2. The zero-order valence-corrected chi connectivity index (χ0v) is 12.6. The monoisotopic (exact) mass is 282 g/mol. The van der Waals surface area contributed by atoms with E-state index in [1.807, 2.05) is 13.8 Å². The van der Waals surface area contributed by atoms with Crippen molar-refractivity contribution in [2.75, 3.05) is 13.2 Å². The van der Waals surface area contributed by atoms with Crippen LogP contribution >= 0.6 is 0 Å². The van der Waals surface area contributed by atoms with Crippen molar-refractivity contribution in [1.82, 2.24) is 10.2 Å². The maximum atomic E-state index is 12.3. The van der Waals surface area contributed by atoms with Gasteiger partial charge in [-0.15, -0.1) is 0 Å². The summed E-state index contributed by atoms with van der Waals surface area (Å²) in [6, 6.07) is -0.304. The fourth-order valence-electron chi connectivity index (χ4n) is 3.09. The first-order valence-corrected chi connectivity index (χ1v) is 7.88. The molecule has 2 unspecified atom stereocenters. The molecule has 0 spiro atoms. The molecule has 0 aromatic rings. The first-order valence-electron chi connectivity index (χ1n) is 7.88. The summed E-state index contributed by atoms with van der Waals surface area (Å²) in [5, 5.41) is 3.23. The second kappa shape index (κ2) is 7.18. The number of likely N-dealkylation sites (tertiary alicyclic amines) is 1. The van der Waals surface area contributed by atoms with Crippen LogP contribution in [0.1, 0.15) is 52.4 Å². The van der Waals surface area contributed by atoms with Crippen molar-refractivity contribution in [3.05, 3.63) is 0 Å². The lowest BCUT2D eigenvalue weighted by molar-refractivity contribution is -0.141. The fourth-order valence-corrected chi connectivity index (χ4v) is 3.09. The standard InChI is InChI=1S/C15H26N2O3/c1-3-11(4-2)17-14(18)9-13(15(17)19)16-10-12-7-5-6-8-20-12/h11-13,16H,3-10H2,1-2H3. The number of nitrogens with zero attached hydrogens (tertiary/aromatic N) is 1. The van der Waals surface area contributed by atoms with E-state index in [4.69, 9.17) is 4.74 Å². The van der Waals surface area contributed by atoms with Crippen LogP contribution in [0.2, 0.25) is 0 Å². The van der Waals surface area contributed by atoms with E-state index in [-0.39, 0.29) is 30.0 Å². The topological polar surface area (TPSA) is 58.6 Å². The second-order valence-electron chi connectivity index (χ2n) is 5.73. The Morgan fingerprint density at radius 1 is 1.30 bits per heavy atom. The van der Waals surface area contributed by atoms with Crippen molar-refractivity contribution in [2.45, 2.75) is 70.6 Å². The molecule has 2 fully saturated rings. The van der Waals surface area contributed by atoms with E-state index in [1.165, 1.54) is 11.3 Å².